The predicted octanol–water partition coefficient (Wildman–Crippen LogP) is 4.43. The number of hydrogen-bond donors (Lipinski definition) is 0. The highest BCUT2D eigenvalue weighted by Crippen LogP contribution is 2.26. The van der Waals surface area contributed by atoms with Gasteiger partial charge in [-0.1, -0.05) is 18.5 Å². The van der Waals surface area contributed by atoms with Gasteiger partial charge in [0.25, 0.3) is 5.91 Å². The monoisotopic (exact) mass is 464 g/mol. The first-order valence-corrected chi connectivity index (χ1v) is 12.3. The Morgan fingerprint density at radius 1 is 1.16 bits per heavy atom. The smallest absolute Gasteiger partial charge is 0.253 e. The van der Waals surface area contributed by atoms with Gasteiger partial charge in [-0.25, -0.2) is 8.42 Å². The molecule has 168 valence electrons. The van der Waals surface area contributed by atoms with Gasteiger partial charge in [0.15, 0.2) is 0 Å². The summed E-state index contributed by atoms with van der Waals surface area (Å²) < 4.78 is 32.9. The Morgan fingerprint density at radius 2 is 1.81 bits per heavy atom. The van der Waals surface area contributed by atoms with Gasteiger partial charge in [0.05, 0.1) is 11.5 Å². The SMILES string of the molecule is CCOc1ccc(C(=O)N2CCC(C)CC2)cc1CN(C)S(=O)(=O)c1ccc(Cl)cc1. The number of ether oxygens (including phenoxy) is 1. The number of carbonyl (C=O) groups excluding carboxylic acids is 1. The lowest BCUT2D eigenvalue weighted by atomic mass is 9.98. The van der Waals surface area contributed by atoms with Gasteiger partial charge in [0, 0.05) is 42.8 Å². The number of likely N-dealkylation sites (tertiary alicyclic amines) is 1. The van der Waals surface area contributed by atoms with Crippen molar-refractivity contribution in [3.05, 3.63) is 58.6 Å². The lowest BCUT2D eigenvalue weighted by molar-refractivity contribution is 0.0697. The van der Waals surface area contributed by atoms with E-state index in [0.29, 0.717) is 34.4 Å². The summed E-state index contributed by atoms with van der Waals surface area (Å²) in [5.74, 6) is 1.18. The van der Waals surface area contributed by atoms with Crippen molar-refractivity contribution in [1.82, 2.24) is 9.21 Å². The number of piperidine rings is 1. The molecular formula is C23H29ClN2O4S. The predicted molar refractivity (Wildman–Crippen MR) is 122 cm³/mol. The second kappa shape index (κ2) is 10.0. The summed E-state index contributed by atoms with van der Waals surface area (Å²) in [5.41, 5.74) is 1.20. The van der Waals surface area contributed by atoms with Gasteiger partial charge < -0.3 is 9.64 Å². The molecule has 1 saturated heterocycles. The lowest BCUT2D eigenvalue weighted by Crippen LogP contribution is -2.38. The van der Waals surface area contributed by atoms with Gasteiger partial charge in [-0.3, -0.25) is 4.79 Å². The zero-order chi connectivity index (χ0) is 22.6. The van der Waals surface area contributed by atoms with E-state index in [0.717, 1.165) is 25.9 Å². The largest absolute Gasteiger partial charge is 0.494 e. The minimum atomic E-state index is -3.72. The zero-order valence-electron chi connectivity index (χ0n) is 18.2. The summed E-state index contributed by atoms with van der Waals surface area (Å²) in [6.07, 6.45) is 2.00. The van der Waals surface area contributed by atoms with Crippen molar-refractivity contribution in [2.24, 2.45) is 5.92 Å². The normalized spacial score (nSPS) is 15.3. The molecule has 1 fully saturated rings. The van der Waals surface area contributed by atoms with Crippen LogP contribution in [0.4, 0.5) is 0 Å². The van der Waals surface area contributed by atoms with Crippen molar-refractivity contribution in [1.29, 1.82) is 0 Å². The van der Waals surface area contributed by atoms with Crippen LogP contribution in [0.5, 0.6) is 5.75 Å². The molecule has 1 aliphatic rings. The molecule has 2 aromatic rings. The summed E-state index contributed by atoms with van der Waals surface area (Å²) in [6.45, 7) is 6.08. The number of amides is 1. The summed E-state index contributed by atoms with van der Waals surface area (Å²) in [7, 11) is -2.21. The average Bonchev–Trinajstić information content (AvgIpc) is 2.75. The van der Waals surface area contributed by atoms with Crippen LogP contribution < -0.4 is 4.74 Å². The highest BCUT2D eigenvalue weighted by atomic mass is 35.5. The Balaban J connectivity index is 1.85. The van der Waals surface area contributed by atoms with E-state index in [4.69, 9.17) is 16.3 Å². The van der Waals surface area contributed by atoms with Crippen LogP contribution in [0.15, 0.2) is 47.4 Å². The molecule has 0 spiro atoms. The van der Waals surface area contributed by atoms with Crippen LogP contribution in [0.1, 0.15) is 42.6 Å². The number of hydrogen-bond acceptors (Lipinski definition) is 4. The average molecular weight is 465 g/mol. The van der Waals surface area contributed by atoms with Gasteiger partial charge in [0.1, 0.15) is 5.75 Å². The fourth-order valence-corrected chi connectivity index (χ4v) is 4.91. The Kier molecular flexibility index (Phi) is 7.62. The first-order chi connectivity index (χ1) is 14.7. The lowest BCUT2D eigenvalue weighted by Gasteiger charge is -2.30. The van der Waals surface area contributed by atoms with Gasteiger partial charge in [-0.05, 0) is 68.1 Å². The maximum absolute atomic E-state index is 13.0. The topological polar surface area (TPSA) is 66.9 Å². The van der Waals surface area contributed by atoms with Gasteiger partial charge >= 0.3 is 0 Å². The first-order valence-electron chi connectivity index (χ1n) is 10.5. The molecule has 0 atom stereocenters. The standard InChI is InChI=1S/C23H29ClN2O4S/c1-4-30-22-10-5-18(23(27)26-13-11-17(2)12-14-26)15-19(22)16-25(3)31(28,29)21-8-6-20(24)7-9-21/h5-10,15,17H,4,11-14,16H2,1-3H3. The van der Waals surface area contributed by atoms with Crippen molar-refractivity contribution >= 4 is 27.5 Å². The Labute approximate surface area is 189 Å². The van der Waals surface area contributed by atoms with Crippen LogP contribution in [-0.4, -0.2) is 50.3 Å². The molecule has 31 heavy (non-hydrogen) atoms. The Hall–Kier alpha value is -2.09. The third-order valence-electron chi connectivity index (χ3n) is 5.59. The van der Waals surface area contributed by atoms with Crippen LogP contribution in [-0.2, 0) is 16.6 Å². The number of sulfonamides is 1. The summed E-state index contributed by atoms with van der Waals surface area (Å²) >= 11 is 5.88. The van der Waals surface area contributed by atoms with Crippen molar-refractivity contribution in [2.45, 2.75) is 38.1 Å². The number of benzene rings is 2. The van der Waals surface area contributed by atoms with E-state index in [1.165, 1.54) is 23.5 Å². The molecule has 6 nitrogen and oxygen atoms in total. The number of carbonyl (C=O) groups is 1. The fraction of sp³-hybridized carbons (Fsp3) is 0.435. The number of halogens is 1. The molecule has 0 N–H and O–H groups in total. The Bertz CT molecular complexity index is 1020. The minimum Gasteiger partial charge on any atom is -0.494 e. The zero-order valence-corrected chi connectivity index (χ0v) is 19.7. The van der Waals surface area contributed by atoms with Crippen LogP contribution in [0, 0.1) is 5.92 Å². The van der Waals surface area contributed by atoms with E-state index < -0.39 is 10.0 Å². The molecule has 0 aromatic heterocycles. The van der Waals surface area contributed by atoms with E-state index in [1.54, 1.807) is 30.3 Å². The van der Waals surface area contributed by atoms with E-state index in [9.17, 15) is 13.2 Å². The van der Waals surface area contributed by atoms with E-state index in [2.05, 4.69) is 6.92 Å². The van der Waals surface area contributed by atoms with E-state index in [-0.39, 0.29) is 17.3 Å². The third-order valence-corrected chi connectivity index (χ3v) is 7.66. The minimum absolute atomic E-state index is 0.0283. The maximum Gasteiger partial charge on any atom is 0.253 e. The molecule has 0 aliphatic carbocycles. The van der Waals surface area contributed by atoms with Crippen LogP contribution in [0.25, 0.3) is 0 Å². The molecule has 1 amide bonds. The molecule has 1 heterocycles. The van der Waals surface area contributed by atoms with Gasteiger partial charge in [-0.2, -0.15) is 4.31 Å². The van der Waals surface area contributed by atoms with E-state index >= 15 is 0 Å². The van der Waals surface area contributed by atoms with Crippen LogP contribution in [0.2, 0.25) is 5.02 Å². The summed E-state index contributed by atoms with van der Waals surface area (Å²) in [4.78, 5) is 15.0. The molecule has 3 rings (SSSR count). The molecule has 2 aromatic carbocycles. The summed E-state index contributed by atoms with van der Waals surface area (Å²) in [5, 5.41) is 0.471. The quantitative estimate of drug-likeness (QED) is 0.607. The van der Waals surface area contributed by atoms with Gasteiger partial charge in [0.2, 0.25) is 10.0 Å². The second-order valence-electron chi connectivity index (χ2n) is 7.95. The van der Waals surface area contributed by atoms with Crippen molar-refractivity contribution < 1.29 is 17.9 Å². The molecule has 0 saturated carbocycles. The highest BCUT2D eigenvalue weighted by molar-refractivity contribution is 7.89. The van der Waals surface area contributed by atoms with Crippen molar-refractivity contribution in [3.8, 4) is 5.75 Å². The molecular weight excluding hydrogens is 436 g/mol. The summed E-state index contributed by atoms with van der Waals surface area (Å²) in [6, 6.07) is 11.3. The third kappa shape index (κ3) is 5.59. The molecule has 0 radical (unpaired) electrons. The highest BCUT2D eigenvalue weighted by Gasteiger charge is 2.25. The van der Waals surface area contributed by atoms with Crippen molar-refractivity contribution in [2.75, 3.05) is 26.7 Å². The van der Waals surface area contributed by atoms with Crippen LogP contribution in [0.3, 0.4) is 0 Å². The van der Waals surface area contributed by atoms with E-state index in [1.807, 2.05) is 11.8 Å². The molecule has 8 heteroatoms. The maximum atomic E-state index is 13.0. The van der Waals surface area contributed by atoms with Crippen LogP contribution >= 0.6 is 11.6 Å². The number of nitrogens with zero attached hydrogens (tertiary/aromatic N) is 2. The fourth-order valence-electron chi connectivity index (χ4n) is 3.64. The molecule has 0 bridgehead atoms. The van der Waals surface area contributed by atoms with Gasteiger partial charge in [-0.15, -0.1) is 0 Å². The molecule has 0 unspecified atom stereocenters. The Morgan fingerprint density at radius 3 is 2.42 bits per heavy atom. The number of rotatable bonds is 7. The second-order valence-corrected chi connectivity index (χ2v) is 10.4. The first kappa shape index (κ1) is 23.6. The molecule has 1 aliphatic heterocycles. The van der Waals surface area contributed by atoms with Crippen molar-refractivity contribution in [3.63, 3.8) is 0 Å².